The summed E-state index contributed by atoms with van der Waals surface area (Å²) in [5.41, 5.74) is 1.86. The van der Waals surface area contributed by atoms with Crippen molar-refractivity contribution >= 4 is 5.97 Å². The molecule has 0 aliphatic heterocycles. The summed E-state index contributed by atoms with van der Waals surface area (Å²) in [6.45, 7) is 6.58. The van der Waals surface area contributed by atoms with Gasteiger partial charge in [-0.05, 0) is 66.0 Å². The first-order valence-electron chi connectivity index (χ1n) is 12.4. The highest BCUT2D eigenvalue weighted by atomic mass is 19.1. The summed E-state index contributed by atoms with van der Waals surface area (Å²) in [7, 11) is 1.52. The van der Waals surface area contributed by atoms with Crippen LogP contribution < -0.4 is 14.2 Å². The quantitative estimate of drug-likeness (QED) is 0.327. The smallest absolute Gasteiger partial charge is 0.303 e. The van der Waals surface area contributed by atoms with Crippen molar-refractivity contribution in [3.05, 3.63) is 65.7 Å². The van der Waals surface area contributed by atoms with Crippen LogP contribution in [0.1, 0.15) is 57.2 Å². The Bertz CT molecular complexity index is 1250. The summed E-state index contributed by atoms with van der Waals surface area (Å²) < 4.78 is 32.0. The van der Waals surface area contributed by atoms with Gasteiger partial charge in [-0.25, -0.2) is 14.4 Å². The Morgan fingerprint density at radius 2 is 1.92 bits per heavy atom. The zero-order valence-corrected chi connectivity index (χ0v) is 21.7. The second kappa shape index (κ2) is 11.2. The van der Waals surface area contributed by atoms with Crippen LogP contribution >= 0.6 is 0 Å². The van der Waals surface area contributed by atoms with E-state index in [-0.39, 0.29) is 41.5 Å². The van der Waals surface area contributed by atoms with E-state index in [0.29, 0.717) is 29.7 Å². The predicted molar refractivity (Wildman–Crippen MR) is 137 cm³/mol. The first kappa shape index (κ1) is 26.4. The summed E-state index contributed by atoms with van der Waals surface area (Å²) in [6, 6.07) is 12.0. The number of halogens is 1. The van der Waals surface area contributed by atoms with Gasteiger partial charge in [0.05, 0.1) is 26.3 Å². The first-order chi connectivity index (χ1) is 17.6. The molecule has 1 aliphatic carbocycles. The largest absolute Gasteiger partial charge is 0.497 e. The molecule has 1 aliphatic rings. The first-order valence-corrected chi connectivity index (χ1v) is 12.4. The Kier molecular flexibility index (Phi) is 7.95. The molecule has 2 aromatic carbocycles. The predicted octanol–water partition coefficient (Wildman–Crippen LogP) is 6.26. The van der Waals surface area contributed by atoms with Crippen molar-refractivity contribution in [2.75, 3.05) is 13.7 Å². The average Bonchev–Trinajstić information content (AvgIpc) is 3.70. The van der Waals surface area contributed by atoms with Crippen molar-refractivity contribution < 1.29 is 28.5 Å². The molecule has 37 heavy (non-hydrogen) atoms. The summed E-state index contributed by atoms with van der Waals surface area (Å²) in [5.74, 6) is 0.471. The standard InChI is InChI=1S/C29H33FN2O5/c1-29(2,3)17-37-28-27(24-13-21(35-4)10-11-25(24)30)31-15-20(32-28)16-36-22-7-5-6-19(12-22)23(14-26(33)34)18-8-9-18/h5-7,10-13,15,18,23H,8-9,14,16-17H2,1-4H3,(H,33,34)/t23-/m0/s1. The van der Waals surface area contributed by atoms with Gasteiger partial charge in [0.2, 0.25) is 5.88 Å². The second-order valence-corrected chi connectivity index (χ2v) is 10.6. The maximum absolute atomic E-state index is 14.7. The molecule has 0 radical (unpaired) electrons. The minimum Gasteiger partial charge on any atom is -0.497 e. The van der Waals surface area contributed by atoms with Crippen LogP contribution in [-0.4, -0.2) is 34.8 Å². The summed E-state index contributed by atoms with van der Waals surface area (Å²) >= 11 is 0. The molecule has 1 N–H and O–H groups in total. The highest BCUT2D eigenvalue weighted by Crippen LogP contribution is 2.45. The minimum absolute atomic E-state index is 0.0183. The van der Waals surface area contributed by atoms with E-state index in [9.17, 15) is 14.3 Å². The monoisotopic (exact) mass is 508 g/mol. The number of rotatable bonds is 11. The van der Waals surface area contributed by atoms with Crippen molar-refractivity contribution in [3.8, 4) is 28.6 Å². The molecule has 0 bridgehead atoms. The van der Waals surface area contributed by atoms with Crippen molar-refractivity contribution in [1.82, 2.24) is 9.97 Å². The number of aliphatic carboxylic acids is 1. The number of carbonyl (C=O) groups is 1. The summed E-state index contributed by atoms with van der Waals surface area (Å²) in [5, 5.41) is 9.33. The maximum Gasteiger partial charge on any atom is 0.303 e. The minimum atomic E-state index is -0.797. The topological polar surface area (TPSA) is 90.8 Å². The van der Waals surface area contributed by atoms with Crippen LogP contribution in [0.25, 0.3) is 11.3 Å². The Morgan fingerprint density at radius 3 is 2.59 bits per heavy atom. The number of ether oxygens (including phenoxy) is 3. The van der Waals surface area contributed by atoms with E-state index >= 15 is 0 Å². The van der Waals surface area contributed by atoms with Crippen LogP contribution in [-0.2, 0) is 11.4 Å². The molecule has 1 fully saturated rings. The van der Waals surface area contributed by atoms with E-state index in [0.717, 1.165) is 18.4 Å². The van der Waals surface area contributed by atoms with Crippen LogP contribution in [0, 0.1) is 17.2 Å². The molecule has 1 heterocycles. The van der Waals surface area contributed by atoms with Gasteiger partial charge in [-0.2, -0.15) is 0 Å². The lowest BCUT2D eigenvalue weighted by Gasteiger charge is -2.20. The van der Waals surface area contributed by atoms with Crippen LogP contribution in [0.2, 0.25) is 0 Å². The number of carboxylic acid groups (broad SMARTS) is 1. The fraction of sp³-hybridized carbons (Fsp3) is 0.414. The normalized spacial score (nSPS) is 14.2. The molecule has 0 saturated heterocycles. The van der Waals surface area contributed by atoms with E-state index in [1.807, 2.05) is 45.0 Å². The van der Waals surface area contributed by atoms with Gasteiger partial charge >= 0.3 is 5.97 Å². The molecule has 1 atom stereocenters. The van der Waals surface area contributed by atoms with Gasteiger partial charge in [-0.1, -0.05) is 32.9 Å². The fourth-order valence-corrected chi connectivity index (χ4v) is 4.09. The van der Waals surface area contributed by atoms with Crippen LogP contribution in [0.3, 0.4) is 0 Å². The van der Waals surface area contributed by atoms with Gasteiger partial charge in [0.25, 0.3) is 0 Å². The molecule has 8 heteroatoms. The van der Waals surface area contributed by atoms with Gasteiger partial charge in [0.15, 0.2) is 0 Å². The van der Waals surface area contributed by atoms with Gasteiger partial charge < -0.3 is 19.3 Å². The summed E-state index contributed by atoms with van der Waals surface area (Å²) in [4.78, 5) is 20.4. The van der Waals surface area contributed by atoms with Crippen LogP contribution in [0.5, 0.6) is 17.4 Å². The second-order valence-electron chi connectivity index (χ2n) is 10.6. The number of benzene rings is 2. The van der Waals surface area contributed by atoms with Gasteiger partial charge in [0, 0.05) is 5.56 Å². The highest BCUT2D eigenvalue weighted by Gasteiger charge is 2.33. The molecule has 0 amide bonds. The third-order valence-electron chi connectivity index (χ3n) is 6.12. The number of carboxylic acids is 1. The zero-order valence-electron chi connectivity index (χ0n) is 21.7. The number of hydrogen-bond acceptors (Lipinski definition) is 6. The van der Waals surface area contributed by atoms with E-state index in [2.05, 4.69) is 9.97 Å². The van der Waals surface area contributed by atoms with Crippen LogP contribution in [0.4, 0.5) is 4.39 Å². The molecule has 7 nitrogen and oxygen atoms in total. The maximum atomic E-state index is 14.7. The van der Waals surface area contributed by atoms with Gasteiger partial charge in [0.1, 0.15) is 35.3 Å². The highest BCUT2D eigenvalue weighted by molar-refractivity contribution is 5.68. The van der Waals surface area contributed by atoms with E-state index in [1.165, 1.54) is 13.2 Å². The third-order valence-corrected chi connectivity index (χ3v) is 6.12. The molecule has 0 spiro atoms. The number of hydrogen-bond donors (Lipinski definition) is 1. The molecule has 1 aromatic heterocycles. The van der Waals surface area contributed by atoms with Crippen LogP contribution in [0.15, 0.2) is 48.7 Å². The van der Waals surface area contributed by atoms with Gasteiger partial charge in [-0.3, -0.25) is 4.79 Å². The molecular formula is C29H33FN2O5. The van der Waals surface area contributed by atoms with E-state index < -0.39 is 11.8 Å². The molecule has 3 aromatic rings. The van der Waals surface area contributed by atoms with Crippen molar-refractivity contribution in [2.45, 2.75) is 52.6 Å². The summed E-state index contributed by atoms with van der Waals surface area (Å²) in [6.07, 6.45) is 3.75. The molecule has 4 rings (SSSR count). The lowest BCUT2D eigenvalue weighted by Crippen LogP contribution is -2.18. The number of methoxy groups -OCH3 is 1. The molecule has 196 valence electrons. The van der Waals surface area contributed by atoms with E-state index in [1.54, 1.807) is 18.3 Å². The van der Waals surface area contributed by atoms with Gasteiger partial charge in [-0.15, -0.1) is 0 Å². The Labute approximate surface area is 216 Å². The van der Waals surface area contributed by atoms with E-state index in [4.69, 9.17) is 14.2 Å². The molecular weight excluding hydrogens is 475 g/mol. The van der Waals surface area contributed by atoms with Crippen molar-refractivity contribution in [2.24, 2.45) is 11.3 Å². The number of nitrogens with zero attached hydrogens (tertiary/aromatic N) is 2. The van der Waals surface area contributed by atoms with Crippen molar-refractivity contribution in [1.29, 1.82) is 0 Å². The lowest BCUT2D eigenvalue weighted by atomic mass is 9.91. The van der Waals surface area contributed by atoms with Crippen molar-refractivity contribution in [3.63, 3.8) is 0 Å². The molecule has 1 saturated carbocycles. The Hall–Kier alpha value is -3.68. The fourth-order valence-electron chi connectivity index (χ4n) is 4.09. The Morgan fingerprint density at radius 1 is 1.14 bits per heavy atom. The lowest BCUT2D eigenvalue weighted by molar-refractivity contribution is -0.137. The SMILES string of the molecule is COc1ccc(F)c(-c2ncc(COc3cccc([C@@H](CC(=O)O)C4CC4)c3)nc2OCC(C)(C)C)c1. The Balaban J connectivity index is 1.56. The zero-order chi connectivity index (χ0) is 26.6. The third kappa shape index (κ3) is 7.18. The average molecular weight is 509 g/mol. The molecule has 0 unspecified atom stereocenters. The number of aromatic nitrogens is 2.